The second-order valence-electron chi connectivity index (χ2n) is 7.98. The van der Waals surface area contributed by atoms with Gasteiger partial charge < -0.3 is 20.1 Å². The van der Waals surface area contributed by atoms with Gasteiger partial charge in [0.2, 0.25) is 0 Å². The minimum Gasteiger partial charge on any atom is -0.489 e. The largest absolute Gasteiger partial charge is 0.489 e. The highest BCUT2D eigenvalue weighted by Gasteiger charge is 2.40. The fourth-order valence-electron chi connectivity index (χ4n) is 3.75. The van der Waals surface area contributed by atoms with Crippen molar-refractivity contribution in [2.45, 2.75) is 26.2 Å². The van der Waals surface area contributed by atoms with Crippen molar-refractivity contribution in [3.05, 3.63) is 113 Å². The number of urea groups is 1. The van der Waals surface area contributed by atoms with Crippen LogP contribution in [0.2, 0.25) is 0 Å². The minimum absolute atomic E-state index is 0.135. The third-order valence-electron chi connectivity index (χ3n) is 5.52. The minimum atomic E-state index is -0.811. The molecule has 0 spiro atoms. The van der Waals surface area contributed by atoms with Crippen molar-refractivity contribution in [1.82, 2.24) is 10.6 Å². The summed E-state index contributed by atoms with van der Waals surface area (Å²) in [6.07, 6.45) is 0. The van der Waals surface area contributed by atoms with Gasteiger partial charge in [-0.05, 0) is 24.1 Å². The predicted molar refractivity (Wildman–Crippen MR) is 125 cm³/mol. The fourth-order valence-corrected chi connectivity index (χ4v) is 3.75. The maximum absolute atomic E-state index is 13.1. The quantitative estimate of drug-likeness (QED) is 0.515. The van der Waals surface area contributed by atoms with Gasteiger partial charge in [0.05, 0.1) is 6.04 Å². The number of nitrogens with one attached hydrogen (secondary N) is 2. The molecule has 1 saturated heterocycles. The summed E-state index contributed by atoms with van der Waals surface area (Å²) in [5.41, 5.74) is 4.00. The number of rotatable bonds is 7. The smallest absolute Gasteiger partial charge is 0.319 e. The Bertz CT molecular complexity index is 1140. The van der Waals surface area contributed by atoms with Gasteiger partial charge in [-0.25, -0.2) is 4.79 Å². The Kier molecular flexibility index (Phi) is 6.74. The number of carbonyl (C=O) groups excluding carboxylic acids is 2. The van der Waals surface area contributed by atoms with E-state index in [2.05, 4.69) is 17.2 Å². The van der Waals surface area contributed by atoms with Gasteiger partial charge in [0.15, 0.2) is 0 Å². The summed E-state index contributed by atoms with van der Waals surface area (Å²) in [6, 6.07) is 23.8. The first-order valence-electron chi connectivity index (χ1n) is 10.8. The lowest BCUT2D eigenvalue weighted by Gasteiger charge is -2.34. The van der Waals surface area contributed by atoms with E-state index in [1.165, 1.54) is 0 Å². The van der Waals surface area contributed by atoms with E-state index in [1.54, 1.807) is 0 Å². The first-order chi connectivity index (χ1) is 16.0. The number of carbonyl (C=O) groups is 2. The first kappa shape index (κ1) is 22.1. The molecule has 1 aliphatic heterocycles. The maximum Gasteiger partial charge on any atom is 0.319 e. The summed E-state index contributed by atoms with van der Waals surface area (Å²) in [5.74, 6) is -0.705. The Balaban J connectivity index is 1.55. The molecular weight excluding hydrogens is 416 g/mol. The zero-order valence-corrected chi connectivity index (χ0v) is 18.4. The van der Waals surface area contributed by atoms with Crippen LogP contribution in [0.5, 0.6) is 5.75 Å². The molecule has 0 radical (unpaired) electrons. The zero-order valence-electron chi connectivity index (χ0n) is 18.4. The van der Waals surface area contributed by atoms with Crippen LogP contribution in [0.25, 0.3) is 0 Å². The molecule has 6 heteroatoms. The molecule has 2 unspecified atom stereocenters. The van der Waals surface area contributed by atoms with E-state index >= 15 is 0 Å². The highest BCUT2D eigenvalue weighted by Crippen LogP contribution is 2.36. The Hall–Kier alpha value is -4.06. The average molecular weight is 443 g/mol. The number of hydrogen-bond donors (Lipinski definition) is 2. The van der Waals surface area contributed by atoms with E-state index in [0.717, 1.165) is 16.7 Å². The van der Waals surface area contributed by atoms with Gasteiger partial charge in [-0.2, -0.15) is 0 Å². The summed E-state index contributed by atoms with van der Waals surface area (Å²) in [7, 11) is 0. The molecule has 2 amide bonds. The molecule has 1 fully saturated rings. The molecule has 4 rings (SSSR count). The van der Waals surface area contributed by atoms with Crippen molar-refractivity contribution >= 4 is 12.0 Å². The Morgan fingerprint density at radius 3 is 2.33 bits per heavy atom. The molecule has 2 atom stereocenters. The standard InChI is InChI=1S/C27H26N2O4/c1-18-12-14-21(15-13-18)17-33-26(30)24-19(2)28-27(31)29-25(24)22-10-6-7-11-23(22)32-16-20-8-4-3-5-9-20/h3-15,24-25H,2,16-17H2,1H3,(H2,28,29,31). The van der Waals surface area contributed by atoms with Crippen molar-refractivity contribution in [1.29, 1.82) is 0 Å². The van der Waals surface area contributed by atoms with Crippen LogP contribution >= 0.6 is 0 Å². The summed E-state index contributed by atoms with van der Waals surface area (Å²) >= 11 is 0. The van der Waals surface area contributed by atoms with Crippen LogP contribution in [0, 0.1) is 12.8 Å². The van der Waals surface area contributed by atoms with Gasteiger partial charge in [0, 0.05) is 11.3 Å². The van der Waals surface area contributed by atoms with Crippen molar-refractivity contribution in [3.8, 4) is 5.75 Å². The predicted octanol–water partition coefficient (Wildman–Crippen LogP) is 4.80. The molecular formula is C27H26N2O4. The third-order valence-corrected chi connectivity index (χ3v) is 5.52. The summed E-state index contributed by atoms with van der Waals surface area (Å²) in [6.45, 7) is 6.41. The molecule has 0 saturated carbocycles. The van der Waals surface area contributed by atoms with Crippen LogP contribution in [-0.2, 0) is 22.7 Å². The van der Waals surface area contributed by atoms with Crippen LogP contribution < -0.4 is 15.4 Å². The van der Waals surface area contributed by atoms with Gasteiger partial charge in [-0.15, -0.1) is 0 Å². The number of ether oxygens (including phenoxy) is 2. The summed E-state index contributed by atoms with van der Waals surface area (Å²) in [5, 5.41) is 5.45. The van der Waals surface area contributed by atoms with Crippen molar-refractivity contribution in [3.63, 3.8) is 0 Å². The molecule has 168 valence electrons. The van der Waals surface area contributed by atoms with E-state index in [4.69, 9.17) is 9.47 Å². The lowest BCUT2D eigenvalue weighted by Crippen LogP contribution is -2.51. The molecule has 3 aromatic rings. The van der Waals surface area contributed by atoms with Gasteiger partial charge in [-0.1, -0.05) is 84.9 Å². The average Bonchev–Trinajstić information content (AvgIpc) is 2.82. The Morgan fingerprint density at radius 2 is 1.58 bits per heavy atom. The van der Waals surface area contributed by atoms with Gasteiger partial charge >= 0.3 is 12.0 Å². The second-order valence-corrected chi connectivity index (χ2v) is 7.98. The highest BCUT2D eigenvalue weighted by molar-refractivity contribution is 5.85. The topological polar surface area (TPSA) is 76.7 Å². The van der Waals surface area contributed by atoms with E-state index in [-0.39, 0.29) is 12.3 Å². The molecule has 1 aliphatic rings. The van der Waals surface area contributed by atoms with Crippen LogP contribution in [0.1, 0.15) is 28.3 Å². The van der Waals surface area contributed by atoms with E-state index in [1.807, 2.05) is 85.8 Å². The lowest BCUT2D eigenvalue weighted by molar-refractivity contribution is -0.149. The van der Waals surface area contributed by atoms with Crippen LogP contribution in [-0.4, -0.2) is 12.0 Å². The molecule has 33 heavy (non-hydrogen) atoms. The number of para-hydroxylation sites is 1. The van der Waals surface area contributed by atoms with E-state index in [0.29, 0.717) is 17.9 Å². The van der Waals surface area contributed by atoms with Crippen LogP contribution in [0.3, 0.4) is 0 Å². The molecule has 0 bridgehead atoms. The van der Waals surface area contributed by atoms with Crippen molar-refractivity contribution in [2.24, 2.45) is 5.92 Å². The number of amides is 2. The number of aryl methyl sites for hydroxylation is 1. The molecule has 2 N–H and O–H groups in total. The van der Waals surface area contributed by atoms with Crippen LogP contribution in [0.15, 0.2) is 91.1 Å². The molecule has 0 aliphatic carbocycles. The highest BCUT2D eigenvalue weighted by atomic mass is 16.5. The van der Waals surface area contributed by atoms with Gasteiger partial charge in [0.1, 0.15) is 24.9 Å². The number of esters is 1. The molecule has 3 aromatic carbocycles. The third kappa shape index (κ3) is 5.41. The van der Waals surface area contributed by atoms with Crippen LogP contribution in [0.4, 0.5) is 4.79 Å². The molecule has 1 heterocycles. The monoisotopic (exact) mass is 442 g/mol. The normalized spacial score (nSPS) is 17.6. The maximum atomic E-state index is 13.1. The number of benzene rings is 3. The SMILES string of the molecule is C=C1NC(=O)NC(c2ccccc2OCc2ccccc2)C1C(=O)OCc1ccc(C)cc1. The van der Waals surface area contributed by atoms with E-state index < -0.39 is 24.0 Å². The summed E-state index contributed by atoms with van der Waals surface area (Å²) in [4.78, 5) is 25.4. The molecule has 0 aromatic heterocycles. The first-order valence-corrected chi connectivity index (χ1v) is 10.8. The van der Waals surface area contributed by atoms with Gasteiger partial charge in [0.25, 0.3) is 0 Å². The molecule has 6 nitrogen and oxygen atoms in total. The van der Waals surface area contributed by atoms with Gasteiger partial charge in [-0.3, -0.25) is 4.79 Å². The number of hydrogen-bond acceptors (Lipinski definition) is 4. The fraction of sp³-hybridized carbons (Fsp3) is 0.185. The van der Waals surface area contributed by atoms with Crippen molar-refractivity contribution < 1.29 is 19.1 Å². The zero-order chi connectivity index (χ0) is 23.2. The van der Waals surface area contributed by atoms with E-state index in [9.17, 15) is 9.59 Å². The summed E-state index contributed by atoms with van der Waals surface area (Å²) < 4.78 is 11.7. The lowest BCUT2D eigenvalue weighted by atomic mass is 9.88. The second kappa shape index (κ2) is 10.0. The van der Waals surface area contributed by atoms with Crippen molar-refractivity contribution in [2.75, 3.05) is 0 Å². The Labute approximate surface area is 193 Å². The Morgan fingerprint density at radius 1 is 0.909 bits per heavy atom.